The largest absolute Gasteiger partial charge is 0.463 e. The van der Waals surface area contributed by atoms with Gasteiger partial charge in [-0.2, -0.15) is 0 Å². The minimum Gasteiger partial charge on any atom is -0.463 e. The normalized spacial score (nSPS) is 29.5. The van der Waals surface area contributed by atoms with Gasteiger partial charge in [-0.1, -0.05) is 19.3 Å². The van der Waals surface area contributed by atoms with Crippen molar-refractivity contribution in [2.75, 3.05) is 6.61 Å². The number of ether oxygens (including phenoxy) is 5. The first-order chi connectivity index (χ1) is 14.2. The molecule has 10 heteroatoms. The summed E-state index contributed by atoms with van der Waals surface area (Å²) in [4.78, 5) is 46.7. The predicted molar refractivity (Wildman–Crippen MR) is 102 cm³/mol. The van der Waals surface area contributed by atoms with Crippen molar-refractivity contribution < 1.29 is 42.9 Å². The van der Waals surface area contributed by atoms with E-state index in [9.17, 15) is 19.2 Å². The Hall–Kier alpha value is -2.20. The number of carbonyl (C=O) groups excluding carboxylic acids is 4. The van der Waals surface area contributed by atoms with Gasteiger partial charge in [0.25, 0.3) is 0 Å². The molecule has 1 heterocycles. The second-order valence-corrected chi connectivity index (χ2v) is 7.62. The van der Waals surface area contributed by atoms with Crippen molar-refractivity contribution in [3.05, 3.63) is 0 Å². The molecule has 5 atom stereocenters. The van der Waals surface area contributed by atoms with Crippen LogP contribution >= 0.6 is 0 Å². The Balaban J connectivity index is 2.34. The van der Waals surface area contributed by atoms with Crippen molar-refractivity contribution in [1.82, 2.24) is 5.32 Å². The monoisotopic (exact) mass is 429 g/mol. The molecule has 1 saturated heterocycles. The van der Waals surface area contributed by atoms with E-state index in [1.54, 1.807) is 0 Å². The van der Waals surface area contributed by atoms with Gasteiger partial charge in [0.2, 0.25) is 5.91 Å². The molecular formula is C20H31NO9. The van der Waals surface area contributed by atoms with Crippen LogP contribution < -0.4 is 5.32 Å². The summed E-state index contributed by atoms with van der Waals surface area (Å²) < 4.78 is 28.0. The van der Waals surface area contributed by atoms with Crippen molar-refractivity contribution in [3.63, 3.8) is 0 Å². The first-order valence-electron chi connectivity index (χ1n) is 10.2. The van der Waals surface area contributed by atoms with E-state index in [4.69, 9.17) is 23.7 Å². The molecule has 30 heavy (non-hydrogen) atoms. The Morgan fingerprint density at radius 2 is 1.47 bits per heavy atom. The molecule has 2 rings (SSSR count). The molecule has 1 aliphatic carbocycles. The first kappa shape index (κ1) is 24.1. The van der Waals surface area contributed by atoms with E-state index >= 15 is 0 Å². The van der Waals surface area contributed by atoms with Crippen LogP contribution in [0.5, 0.6) is 0 Å². The van der Waals surface area contributed by atoms with E-state index in [0.29, 0.717) is 0 Å². The molecule has 2 fully saturated rings. The van der Waals surface area contributed by atoms with Gasteiger partial charge in [-0.05, 0) is 12.8 Å². The van der Waals surface area contributed by atoms with Crippen molar-refractivity contribution in [1.29, 1.82) is 0 Å². The van der Waals surface area contributed by atoms with Gasteiger partial charge in [0.1, 0.15) is 18.8 Å². The Labute approximate surface area is 175 Å². The van der Waals surface area contributed by atoms with E-state index < -0.39 is 54.5 Å². The summed E-state index contributed by atoms with van der Waals surface area (Å²) in [6, 6.07) is -0.911. The number of nitrogens with one attached hydrogen (secondary N) is 1. The van der Waals surface area contributed by atoms with Gasteiger partial charge in [-0.25, -0.2) is 0 Å². The van der Waals surface area contributed by atoms with Crippen molar-refractivity contribution in [3.8, 4) is 0 Å². The van der Waals surface area contributed by atoms with Crippen LogP contribution in [0.4, 0.5) is 0 Å². The standard InChI is InChI=1S/C20H31NO9/c1-11(22)21-17-19(28-14(4)25)18(27-13(3)24)16(10-26-12(2)23)30-20(17)29-15-8-6-5-7-9-15/h15-20H,5-10H2,1-4H3,(H,21,22)/t16?,17?,18-,19?,20+/m0/s1. The molecule has 1 amide bonds. The lowest BCUT2D eigenvalue weighted by Crippen LogP contribution is -2.67. The average molecular weight is 429 g/mol. The molecule has 0 radical (unpaired) electrons. The zero-order valence-corrected chi connectivity index (χ0v) is 17.9. The van der Waals surface area contributed by atoms with Crippen LogP contribution in [0.2, 0.25) is 0 Å². The quantitative estimate of drug-likeness (QED) is 0.466. The summed E-state index contributed by atoms with van der Waals surface area (Å²) in [7, 11) is 0. The van der Waals surface area contributed by atoms with Crippen LogP contribution in [-0.2, 0) is 42.9 Å². The average Bonchev–Trinajstić information content (AvgIpc) is 2.64. The van der Waals surface area contributed by atoms with Crippen molar-refractivity contribution in [2.24, 2.45) is 0 Å². The van der Waals surface area contributed by atoms with Gasteiger partial charge in [0, 0.05) is 27.7 Å². The molecule has 0 aromatic heterocycles. The second kappa shape index (κ2) is 11.3. The topological polar surface area (TPSA) is 126 Å². The fraction of sp³-hybridized carbons (Fsp3) is 0.800. The van der Waals surface area contributed by atoms with Crippen molar-refractivity contribution >= 4 is 23.8 Å². The zero-order chi connectivity index (χ0) is 22.3. The molecule has 170 valence electrons. The van der Waals surface area contributed by atoms with E-state index in [0.717, 1.165) is 32.1 Å². The molecule has 1 saturated carbocycles. The first-order valence-corrected chi connectivity index (χ1v) is 10.2. The summed E-state index contributed by atoms with van der Waals surface area (Å²) in [5, 5.41) is 2.70. The minimum absolute atomic E-state index is 0.0855. The summed E-state index contributed by atoms with van der Waals surface area (Å²) in [5.74, 6) is -2.20. The summed E-state index contributed by atoms with van der Waals surface area (Å²) in [6.07, 6.45) is 0.643. The highest BCUT2D eigenvalue weighted by atomic mass is 16.7. The van der Waals surface area contributed by atoms with Crippen LogP contribution in [0, 0.1) is 0 Å². The highest BCUT2D eigenvalue weighted by Crippen LogP contribution is 2.31. The molecule has 0 aromatic carbocycles. The highest BCUT2D eigenvalue weighted by Gasteiger charge is 2.51. The van der Waals surface area contributed by atoms with Crippen LogP contribution in [0.3, 0.4) is 0 Å². The molecule has 0 bridgehead atoms. The van der Waals surface area contributed by atoms with Gasteiger partial charge in [-0.3, -0.25) is 19.2 Å². The lowest BCUT2D eigenvalue weighted by atomic mass is 9.94. The van der Waals surface area contributed by atoms with Crippen LogP contribution in [-0.4, -0.2) is 67.2 Å². The highest BCUT2D eigenvalue weighted by molar-refractivity contribution is 5.73. The van der Waals surface area contributed by atoms with E-state index in [2.05, 4.69) is 5.32 Å². The van der Waals surface area contributed by atoms with E-state index in [1.807, 2.05) is 0 Å². The molecule has 0 aromatic rings. The number of hydrogen-bond acceptors (Lipinski definition) is 9. The lowest BCUT2D eigenvalue weighted by molar-refractivity contribution is -0.289. The maximum atomic E-state index is 11.9. The van der Waals surface area contributed by atoms with Crippen LogP contribution in [0.15, 0.2) is 0 Å². The molecule has 2 aliphatic rings. The van der Waals surface area contributed by atoms with Gasteiger partial charge in [0.15, 0.2) is 18.5 Å². The molecule has 3 unspecified atom stereocenters. The Kier molecular flexibility index (Phi) is 9.04. The molecule has 10 nitrogen and oxygen atoms in total. The van der Waals surface area contributed by atoms with Gasteiger partial charge in [-0.15, -0.1) is 0 Å². The fourth-order valence-corrected chi connectivity index (χ4v) is 3.80. The predicted octanol–water partition coefficient (Wildman–Crippen LogP) is 0.992. The Morgan fingerprint density at radius 3 is 2.00 bits per heavy atom. The maximum Gasteiger partial charge on any atom is 0.303 e. The maximum absolute atomic E-state index is 11.9. The summed E-state index contributed by atoms with van der Waals surface area (Å²) in [6.45, 7) is 4.73. The van der Waals surface area contributed by atoms with Crippen LogP contribution in [0.1, 0.15) is 59.8 Å². The minimum atomic E-state index is -1.10. The third kappa shape index (κ3) is 7.24. The number of hydrogen-bond donors (Lipinski definition) is 1. The number of carbonyl (C=O) groups is 4. The third-order valence-corrected chi connectivity index (χ3v) is 4.95. The zero-order valence-electron chi connectivity index (χ0n) is 17.9. The van der Waals surface area contributed by atoms with Crippen molar-refractivity contribution in [2.45, 2.75) is 96.5 Å². The molecule has 1 N–H and O–H groups in total. The van der Waals surface area contributed by atoms with E-state index in [-0.39, 0.29) is 12.7 Å². The second-order valence-electron chi connectivity index (χ2n) is 7.62. The molecule has 1 aliphatic heterocycles. The lowest BCUT2D eigenvalue weighted by Gasteiger charge is -2.46. The van der Waals surface area contributed by atoms with Gasteiger partial charge < -0.3 is 29.0 Å². The summed E-state index contributed by atoms with van der Waals surface area (Å²) >= 11 is 0. The Bertz CT molecular complexity index is 632. The number of amides is 1. The van der Waals surface area contributed by atoms with Crippen LogP contribution in [0.25, 0.3) is 0 Å². The van der Waals surface area contributed by atoms with Gasteiger partial charge in [0.05, 0.1) is 6.10 Å². The summed E-state index contributed by atoms with van der Waals surface area (Å²) in [5.41, 5.74) is 0. The smallest absolute Gasteiger partial charge is 0.303 e. The molecular weight excluding hydrogens is 398 g/mol. The number of esters is 3. The third-order valence-electron chi connectivity index (χ3n) is 4.95. The fourth-order valence-electron chi connectivity index (χ4n) is 3.80. The van der Waals surface area contributed by atoms with E-state index in [1.165, 1.54) is 27.7 Å². The van der Waals surface area contributed by atoms with Gasteiger partial charge >= 0.3 is 17.9 Å². The Morgan fingerprint density at radius 1 is 0.867 bits per heavy atom. The number of rotatable bonds is 7. The SMILES string of the molecule is CC(=O)NC1C(OC(C)=O)[C@@H](OC(C)=O)C(COC(C)=O)O[C@H]1OC1CCCCC1. The molecule has 0 spiro atoms.